The van der Waals surface area contributed by atoms with Crippen LogP contribution >= 0.6 is 11.6 Å². The summed E-state index contributed by atoms with van der Waals surface area (Å²) in [5.41, 5.74) is 8.94. The molecular weight excluding hydrogens is 690 g/mol. The Morgan fingerprint density at radius 2 is 1.57 bits per heavy atom. The second-order valence-corrected chi connectivity index (χ2v) is 14.0. The van der Waals surface area contributed by atoms with E-state index in [9.17, 15) is 20.0 Å². The topological polar surface area (TPSA) is 122 Å². The van der Waals surface area contributed by atoms with Gasteiger partial charge in [0.2, 0.25) is 0 Å². The van der Waals surface area contributed by atoms with Crippen LogP contribution in [0, 0.1) is 25.2 Å². The highest BCUT2D eigenvalue weighted by Gasteiger charge is 2.24. The molecule has 0 aliphatic rings. The largest absolute Gasteiger partial charge is 0.488 e. The molecule has 53 heavy (non-hydrogen) atoms. The Kier molecular flexibility index (Phi) is 12.5. The van der Waals surface area contributed by atoms with E-state index in [4.69, 9.17) is 25.8 Å². The fourth-order valence-electron chi connectivity index (χ4n) is 5.89. The summed E-state index contributed by atoms with van der Waals surface area (Å²) in [6, 6.07) is 27.0. The number of halogens is 1. The molecule has 1 amide bonds. The molecule has 1 aromatic heterocycles. The number of rotatable bonds is 13. The van der Waals surface area contributed by atoms with E-state index in [1.807, 2.05) is 42.5 Å². The van der Waals surface area contributed by atoms with Crippen LogP contribution in [0.2, 0.25) is 5.02 Å². The first-order valence-electron chi connectivity index (χ1n) is 17.2. The van der Waals surface area contributed by atoms with Crippen molar-refractivity contribution in [2.24, 2.45) is 0 Å². The summed E-state index contributed by atoms with van der Waals surface area (Å²) >= 11 is 6.82. The number of amides is 1. The van der Waals surface area contributed by atoms with Crippen molar-refractivity contribution >= 4 is 24.0 Å². The van der Waals surface area contributed by atoms with Gasteiger partial charge in [-0.3, -0.25) is 9.78 Å². The summed E-state index contributed by atoms with van der Waals surface area (Å²) in [5.74, 6) is 0.777. The van der Waals surface area contributed by atoms with Gasteiger partial charge in [-0.05, 0) is 85.7 Å². The Morgan fingerprint density at radius 3 is 2.25 bits per heavy atom. The predicted molar refractivity (Wildman–Crippen MR) is 205 cm³/mol. The van der Waals surface area contributed by atoms with Gasteiger partial charge in [0.15, 0.2) is 0 Å². The Labute approximate surface area is 315 Å². The molecule has 0 unspecified atom stereocenters. The van der Waals surface area contributed by atoms with Crippen molar-refractivity contribution in [2.75, 3.05) is 13.2 Å². The third-order valence-electron chi connectivity index (χ3n) is 8.63. The van der Waals surface area contributed by atoms with Crippen LogP contribution in [0.1, 0.15) is 64.5 Å². The lowest BCUT2D eigenvalue weighted by Crippen LogP contribution is -2.38. The Bertz CT molecular complexity index is 2140. The molecule has 0 bridgehead atoms. The minimum absolute atomic E-state index is 0.0306. The standard InChI is InChI=1S/C43H42ClN3O6/c1-28-34(8-6-10-37(28)38-11-7-9-36(29(38)2)33-14-12-30(25-49)13-15-33)27-52-41-20-40(51-26-32-18-31(21-45)22-46-23-32)35(19-39(41)44)24-47(16-17-48)42(50)53-43(3,4)5/h6-15,18-20,22-23,25,48H,16-17,24,26-27H2,1-5H3. The van der Waals surface area contributed by atoms with Crippen molar-refractivity contribution < 1.29 is 28.9 Å². The molecule has 0 saturated heterocycles. The van der Waals surface area contributed by atoms with E-state index in [0.29, 0.717) is 38.8 Å². The Balaban J connectivity index is 1.43. The summed E-state index contributed by atoms with van der Waals surface area (Å²) in [5, 5.41) is 19.4. The van der Waals surface area contributed by atoms with Crippen LogP contribution < -0.4 is 9.47 Å². The summed E-state index contributed by atoms with van der Waals surface area (Å²) < 4.78 is 18.2. The first kappa shape index (κ1) is 38.5. The lowest BCUT2D eigenvalue weighted by Gasteiger charge is -2.28. The Morgan fingerprint density at radius 1 is 0.887 bits per heavy atom. The molecule has 4 aromatic carbocycles. The number of pyridine rings is 1. The predicted octanol–water partition coefficient (Wildman–Crippen LogP) is 9.26. The van der Waals surface area contributed by atoms with Crippen molar-refractivity contribution in [1.82, 2.24) is 9.88 Å². The summed E-state index contributed by atoms with van der Waals surface area (Å²) in [7, 11) is 0. The van der Waals surface area contributed by atoms with Crippen molar-refractivity contribution in [3.8, 4) is 39.8 Å². The Hall–Kier alpha value is -5.69. The molecule has 5 rings (SSSR count). The van der Waals surface area contributed by atoms with Crippen LogP contribution in [0.5, 0.6) is 11.5 Å². The van der Waals surface area contributed by atoms with E-state index < -0.39 is 11.7 Å². The molecule has 0 aliphatic heterocycles. The smallest absolute Gasteiger partial charge is 0.410 e. The number of carbonyl (C=O) groups is 2. The van der Waals surface area contributed by atoms with Gasteiger partial charge in [-0.1, -0.05) is 72.3 Å². The second-order valence-electron chi connectivity index (χ2n) is 13.6. The number of ether oxygens (including phenoxy) is 3. The van der Waals surface area contributed by atoms with Crippen molar-refractivity contribution in [3.05, 3.63) is 135 Å². The fourth-order valence-corrected chi connectivity index (χ4v) is 6.13. The molecule has 0 atom stereocenters. The van der Waals surface area contributed by atoms with Crippen molar-refractivity contribution in [3.63, 3.8) is 0 Å². The van der Waals surface area contributed by atoms with Gasteiger partial charge in [-0.15, -0.1) is 0 Å². The van der Waals surface area contributed by atoms with Gasteiger partial charge in [0.05, 0.1) is 23.7 Å². The van der Waals surface area contributed by atoms with Gasteiger partial charge in [-0.25, -0.2) is 4.79 Å². The van der Waals surface area contributed by atoms with Gasteiger partial charge in [-0.2, -0.15) is 5.26 Å². The third-order valence-corrected chi connectivity index (χ3v) is 8.92. The maximum atomic E-state index is 13.1. The molecule has 0 spiro atoms. The van der Waals surface area contributed by atoms with Gasteiger partial charge >= 0.3 is 6.09 Å². The molecule has 0 fully saturated rings. The second kappa shape index (κ2) is 17.2. The van der Waals surface area contributed by atoms with E-state index in [1.54, 1.807) is 45.2 Å². The van der Waals surface area contributed by atoms with Crippen molar-refractivity contribution in [1.29, 1.82) is 5.26 Å². The molecule has 0 radical (unpaired) electrons. The lowest BCUT2D eigenvalue weighted by atomic mass is 9.89. The number of hydrogen-bond acceptors (Lipinski definition) is 8. The highest BCUT2D eigenvalue weighted by atomic mass is 35.5. The number of nitrogens with zero attached hydrogens (tertiary/aromatic N) is 3. The molecule has 272 valence electrons. The first-order valence-corrected chi connectivity index (χ1v) is 17.5. The number of aliphatic hydroxyl groups is 1. The maximum Gasteiger partial charge on any atom is 0.410 e. The number of aromatic nitrogens is 1. The minimum Gasteiger partial charge on any atom is -0.488 e. The number of nitriles is 1. The summed E-state index contributed by atoms with van der Waals surface area (Å²) in [4.78, 5) is 29.8. The van der Waals surface area contributed by atoms with Crippen LogP contribution in [0.4, 0.5) is 4.79 Å². The monoisotopic (exact) mass is 731 g/mol. The van der Waals surface area contributed by atoms with Gasteiger partial charge in [0, 0.05) is 41.7 Å². The molecule has 1 heterocycles. The van der Waals surface area contributed by atoms with Crippen LogP contribution in [0.25, 0.3) is 22.3 Å². The van der Waals surface area contributed by atoms with Crippen LogP contribution in [-0.4, -0.2) is 46.1 Å². The molecular formula is C43H42ClN3O6. The van der Waals surface area contributed by atoms with E-state index in [1.165, 1.54) is 11.1 Å². The first-order chi connectivity index (χ1) is 25.4. The van der Waals surface area contributed by atoms with E-state index >= 15 is 0 Å². The molecule has 10 heteroatoms. The SMILES string of the molecule is Cc1c(COc2cc(OCc3cncc(C#N)c3)c(CN(CCO)C(=O)OC(C)(C)C)cc2Cl)cccc1-c1cccc(-c2ccc(C=O)cc2)c1C. The zero-order chi connectivity index (χ0) is 38.1. The van der Waals surface area contributed by atoms with Crippen LogP contribution in [0.3, 0.4) is 0 Å². The molecule has 5 aromatic rings. The number of hydrogen-bond donors (Lipinski definition) is 1. The molecule has 9 nitrogen and oxygen atoms in total. The third kappa shape index (κ3) is 9.80. The van der Waals surface area contributed by atoms with Gasteiger partial charge in [0.25, 0.3) is 0 Å². The quantitative estimate of drug-likeness (QED) is 0.119. The highest BCUT2D eigenvalue weighted by molar-refractivity contribution is 6.32. The van der Waals surface area contributed by atoms with Gasteiger partial charge < -0.3 is 24.2 Å². The van der Waals surface area contributed by atoms with Crippen molar-refractivity contribution in [2.45, 2.75) is 60.0 Å². The lowest BCUT2D eigenvalue weighted by molar-refractivity contribution is 0.0200. The molecule has 1 N–H and O–H groups in total. The average molecular weight is 732 g/mol. The van der Waals surface area contributed by atoms with Crippen LogP contribution in [-0.2, 0) is 24.5 Å². The zero-order valence-corrected chi connectivity index (χ0v) is 31.2. The van der Waals surface area contributed by atoms with E-state index in [2.05, 4.69) is 43.1 Å². The van der Waals surface area contributed by atoms with E-state index in [0.717, 1.165) is 45.2 Å². The summed E-state index contributed by atoms with van der Waals surface area (Å²) in [6.07, 6.45) is 3.34. The average Bonchev–Trinajstić information content (AvgIpc) is 3.14. The highest BCUT2D eigenvalue weighted by Crippen LogP contribution is 2.37. The fraction of sp³-hybridized carbons (Fsp3) is 0.256. The zero-order valence-electron chi connectivity index (χ0n) is 30.5. The maximum absolute atomic E-state index is 13.1. The number of benzene rings is 4. The normalized spacial score (nSPS) is 11.1. The molecule has 0 saturated carbocycles. The van der Waals surface area contributed by atoms with Crippen LogP contribution in [0.15, 0.2) is 91.3 Å². The van der Waals surface area contributed by atoms with Gasteiger partial charge in [0.1, 0.15) is 42.7 Å². The number of aliphatic hydroxyl groups excluding tert-OH is 1. The van der Waals surface area contributed by atoms with E-state index in [-0.39, 0.29) is 32.9 Å². The number of aldehydes is 1. The minimum atomic E-state index is -0.737. The summed E-state index contributed by atoms with van der Waals surface area (Å²) in [6.45, 7) is 9.59. The number of carbonyl (C=O) groups excluding carboxylic acids is 2. The molecule has 0 aliphatic carbocycles.